The Morgan fingerprint density at radius 1 is 1.12 bits per heavy atom. The summed E-state index contributed by atoms with van der Waals surface area (Å²) in [5.41, 5.74) is 4.10. The molecule has 4 rings (SSSR count). The van der Waals surface area contributed by atoms with Crippen molar-refractivity contribution in [2.24, 2.45) is 5.41 Å². The highest BCUT2D eigenvalue weighted by Crippen LogP contribution is 2.44. The zero-order valence-corrected chi connectivity index (χ0v) is 19.1. The molecule has 6 heteroatoms. The van der Waals surface area contributed by atoms with Crippen LogP contribution in [0.3, 0.4) is 0 Å². The summed E-state index contributed by atoms with van der Waals surface area (Å²) >= 11 is 0. The minimum Gasteiger partial charge on any atom is -0.480 e. The van der Waals surface area contributed by atoms with Crippen LogP contribution in [-0.2, 0) is 9.53 Å². The predicted molar refractivity (Wildman–Crippen MR) is 123 cm³/mol. The number of aliphatic carboxylic acids is 1. The van der Waals surface area contributed by atoms with Crippen molar-refractivity contribution in [2.45, 2.75) is 38.1 Å². The third-order valence-electron chi connectivity index (χ3n) is 7.35. The van der Waals surface area contributed by atoms with Crippen LogP contribution in [-0.4, -0.2) is 61.5 Å². The van der Waals surface area contributed by atoms with Gasteiger partial charge in [0.2, 0.25) is 0 Å². The first kappa shape index (κ1) is 22.3. The number of likely N-dealkylation sites (tertiary alicyclic amines) is 1. The smallest absolute Gasteiger partial charge is 0.407 e. The van der Waals surface area contributed by atoms with Crippen LogP contribution in [0.4, 0.5) is 4.79 Å². The van der Waals surface area contributed by atoms with E-state index in [0.717, 1.165) is 46.1 Å². The number of fused-ring (bicyclic) bond motifs is 3. The number of nitrogens with zero attached hydrogens (tertiary/aromatic N) is 1. The summed E-state index contributed by atoms with van der Waals surface area (Å²) in [7, 11) is 4.24. The molecule has 1 heterocycles. The lowest BCUT2D eigenvalue weighted by Crippen LogP contribution is -2.62. The molecule has 1 aliphatic carbocycles. The maximum atomic E-state index is 12.8. The quantitative estimate of drug-likeness (QED) is 0.663. The van der Waals surface area contributed by atoms with Crippen LogP contribution in [0.2, 0.25) is 0 Å². The molecule has 2 aromatic carbocycles. The minimum absolute atomic E-state index is 0.0538. The molecule has 0 spiro atoms. The van der Waals surface area contributed by atoms with E-state index in [2.05, 4.69) is 43.7 Å². The number of amides is 1. The Morgan fingerprint density at radius 3 is 2.25 bits per heavy atom. The number of hydrogen-bond donors (Lipinski definition) is 2. The molecule has 0 unspecified atom stereocenters. The highest BCUT2D eigenvalue weighted by Gasteiger charge is 2.49. The maximum absolute atomic E-state index is 12.8. The number of nitrogens with one attached hydrogen (secondary N) is 1. The summed E-state index contributed by atoms with van der Waals surface area (Å²) in [6.07, 6.45) is 1.75. The predicted octanol–water partition coefficient (Wildman–Crippen LogP) is 4.24. The van der Waals surface area contributed by atoms with Gasteiger partial charge < -0.3 is 19.6 Å². The van der Waals surface area contributed by atoms with E-state index in [0.29, 0.717) is 13.0 Å². The summed E-state index contributed by atoms with van der Waals surface area (Å²) in [5, 5.41) is 12.7. The number of ether oxygens (including phenoxy) is 1. The Labute approximate surface area is 189 Å². The van der Waals surface area contributed by atoms with Crippen molar-refractivity contribution in [3.63, 3.8) is 0 Å². The summed E-state index contributed by atoms with van der Waals surface area (Å²) in [6, 6.07) is 15.3. The van der Waals surface area contributed by atoms with Crippen molar-refractivity contribution in [3.05, 3.63) is 59.7 Å². The van der Waals surface area contributed by atoms with Gasteiger partial charge in [0.1, 0.15) is 12.6 Å². The minimum atomic E-state index is -0.998. The molecular weight excluding hydrogens is 404 g/mol. The molecule has 0 bridgehead atoms. The molecule has 0 saturated carbocycles. The van der Waals surface area contributed by atoms with Gasteiger partial charge >= 0.3 is 12.1 Å². The average Bonchev–Trinajstić information content (AvgIpc) is 3.09. The molecule has 0 radical (unpaired) electrons. The van der Waals surface area contributed by atoms with Crippen LogP contribution in [0.15, 0.2) is 48.5 Å². The van der Waals surface area contributed by atoms with Gasteiger partial charge in [-0.3, -0.25) is 0 Å². The molecule has 2 atom stereocenters. The fourth-order valence-corrected chi connectivity index (χ4v) is 5.83. The second-order valence-electron chi connectivity index (χ2n) is 9.88. The first-order valence-corrected chi connectivity index (χ1v) is 11.4. The highest BCUT2D eigenvalue weighted by atomic mass is 16.5. The topological polar surface area (TPSA) is 75.6 Å². The third kappa shape index (κ3) is 4.11. The number of alkyl carbamates (subject to hydrolysis) is 1. The second kappa shape index (κ2) is 8.58. The van der Waals surface area contributed by atoms with E-state index in [4.69, 9.17) is 4.74 Å². The molecule has 1 amide bonds. The van der Waals surface area contributed by atoms with Gasteiger partial charge in [0.05, 0.1) is 32.6 Å². The highest BCUT2D eigenvalue weighted by molar-refractivity contribution is 5.81. The van der Waals surface area contributed by atoms with E-state index < -0.39 is 23.5 Å². The fourth-order valence-electron chi connectivity index (χ4n) is 5.83. The summed E-state index contributed by atoms with van der Waals surface area (Å²) < 4.78 is 6.39. The van der Waals surface area contributed by atoms with E-state index in [1.54, 1.807) is 0 Å². The largest absolute Gasteiger partial charge is 0.480 e. The Balaban J connectivity index is 1.49. The maximum Gasteiger partial charge on any atom is 0.407 e. The van der Waals surface area contributed by atoms with Gasteiger partial charge in [-0.25, -0.2) is 9.59 Å². The number of quaternary nitrogens is 1. The average molecular weight is 438 g/mol. The Bertz CT molecular complexity index is 973. The van der Waals surface area contributed by atoms with E-state index in [9.17, 15) is 14.7 Å². The fraction of sp³-hybridized carbons (Fsp3) is 0.462. The Kier molecular flexibility index (Phi) is 5.99. The summed E-state index contributed by atoms with van der Waals surface area (Å²) in [6.45, 7) is 3.91. The molecule has 1 fully saturated rings. The summed E-state index contributed by atoms with van der Waals surface area (Å²) in [4.78, 5) is 25.0. The third-order valence-corrected chi connectivity index (χ3v) is 7.35. The van der Waals surface area contributed by atoms with Crippen molar-refractivity contribution in [1.29, 1.82) is 0 Å². The van der Waals surface area contributed by atoms with E-state index in [1.165, 1.54) is 0 Å². The van der Waals surface area contributed by atoms with Gasteiger partial charge in [0.15, 0.2) is 0 Å². The van der Waals surface area contributed by atoms with Crippen LogP contribution in [0.1, 0.15) is 43.2 Å². The van der Waals surface area contributed by atoms with Crippen molar-refractivity contribution < 1.29 is 23.9 Å². The Hall–Kier alpha value is -2.86. The van der Waals surface area contributed by atoms with Gasteiger partial charge in [-0.05, 0) is 41.5 Å². The number of carboxylic acids is 1. The molecule has 2 aromatic rings. The van der Waals surface area contributed by atoms with Crippen molar-refractivity contribution >= 4 is 12.1 Å². The number of rotatable bonds is 6. The zero-order chi connectivity index (χ0) is 22.9. The van der Waals surface area contributed by atoms with E-state index in [1.807, 2.05) is 31.2 Å². The number of piperidine rings is 1. The van der Waals surface area contributed by atoms with Crippen molar-refractivity contribution in [3.8, 4) is 11.1 Å². The molecule has 2 N–H and O–H groups in total. The number of benzene rings is 2. The monoisotopic (exact) mass is 437 g/mol. The van der Waals surface area contributed by atoms with Crippen LogP contribution in [0.5, 0.6) is 0 Å². The summed E-state index contributed by atoms with van der Waals surface area (Å²) in [5.74, 6) is -1.05. The molecule has 1 saturated heterocycles. The standard InChI is InChI=1S/C26H32N2O4/c1-4-26(14-9-15-28(2,3)17-26)23(24(29)30)27-25(31)32-16-22-20-12-7-5-10-18(20)19-11-6-8-13-21(19)22/h5-8,10-13,22-23H,4,9,14-17H2,1-3H3,(H-,27,29,30,31)/p+1/t23-,26-/m0/s1. The lowest BCUT2D eigenvalue weighted by atomic mass is 9.71. The van der Waals surface area contributed by atoms with E-state index >= 15 is 0 Å². The molecule has 6 nitrogen and oxygen atoms in total. The number of carbonyl (C=O) groups excluding carboxylic acids is 1. The SMILES string of the molecule is CC[C@]1([C@@H](NC(=O)OCC2c3ccccc3-c3ccccc32)C(=O)O)CCC[N+](C)(C)C1. The lowest BCUT2D eigenvalue weighted by molar-refractivity contribution is -0.903. The zero-order valence-electron chi connectivity index (χ0n) is 19.1. The van der Waals surface area contributed by atoms with Crippen LogP contribution in [0.25, 0.3) is 11.1 Å². The Morgan fingerprint density at radius 2 is 1.72 bits per heavy atom. The van der Waals surface area contributed by atoms with Gasteiger partial charge in [-0.1, -0.05) is 55.5 Å². The lowest BCUT2D eigenvalue weighted by Gasteiger charge is -2.48. The van der Waals surface area contributed by atoms with Gasteiger partial charge in [0.25, 0.3) is 0 Å². The first-order valence-electron chi connectivity index (χ1n) is 11.4. The normalized spacial score (nSPS) is 22.5. The van der Waals surface area contributed by atoms with Crippen molar-refractivity contribution in [2.75, 3.05) is 33.8 Å². The van der Waals surface area contributed by atoms with Crippen LogP contribution in [0, 0.1) is 5.41 Å². The number of carbonyl (C=O) groups is 2. The molecule has 2 aliphatic rings. The number of carboxylic acid groups (broad SMARTS) is 1. The van der Waals surface area contributed by atoms with Gasteiger partial charge in [-0.2, -0.15) is 0 Å². The van der Waals surface area contributed by atoms with Crippen LogP contribution < -0.4 is 5.32 Å². The van der Waals surface area contributed by atoms with Crippen molar-refractivity contribution in [1.82, 2.24) is 5.32 Å². The van der Waals surface area contributed by atoms with Gasteiger partial charge in [0, 0.05) is 5.92 Å². The first-order chi connectivity index (χ1) is 15.3. The second-order valence-corrected chi connectivity index (χ2v) is 9.88. The molecule has 32 heavy (non-hydrogen) atoms. The van der Waals surface area contributed by atoms with Gasteiger partial charge in [-0.15, -0.1) is 0 Å². The molecule has 170 valence electrons. The molecule has 1 aliphatic heterocycles. The molecular formula is C26H33N2O4+. The van der Waals surface area contributed by atoms with Crippen LogP contribution >= 0.6 is 0 Å². The van der Waals surface area contributed by atoms with E-state index in [-0.39, 0.29) is 12.5 Å². The number of hydrogen-bond acceptors (Lipinski definition) is 3. The molecule has 0 aromatic heterocycles.